The third-order valence-corrected chi connectivity index (χ3v) is 3.97. The smallest absolute Gasteiger partial charge is 0.367 e. The van der Waals surface area contributed by atoms with Crippen molar-refractivity contribution in [2.75, 3.05) is 12.4 Å². The Kier molecular flexibility index (Phi) is 3.86. The Morgan fingerprint density at radius 1 is 1.41 bits per heavy atom. The van der Waals surface area contributed by atoms with Crippen LogP contribution in [0, 0.1) is 5.82 Å². The van der Waals surface area contributed by atoms with Gasteiger partial charge in [0, 0.05) is 5.69 Å². The van der Waals surface area contributed by atoms with Gasteiger partial charge in [-0.2, -0.15) is 0 Å². The maximum atomic E-state index is 13.2. The first-order valence-electron chi connectivity index (χ1n) is 6.00. The molecular formula is C13H8ClFN4O2S. The fourth-order valence-corrected chi connectivity index (χ4v) is 2.74. The fraction of sp³-hybridized carbons (Fsp3) is 0.0769. The first-order chi connectivity index (χ1) is 10.6. The summed E-state index contributed by atoms with van der Waals surface area (Å²) >= 11 is 6.84. The number of esters is 1. The monoisotopic (exact) mass is 338 g/mol. The highest BCUT2D eigenvalue weighted by Crippen LogP contribution is 2.28. The van der Waals surface area contributed by atoms with Crippen LogP contribution in [0.2, 0.25) is 5.02 Å². The highest BCUT2D eigenvalue weighted by atomic mass is 35.5. The van der Waals surface area contributed by atoms with Crippen LogP contribution in [0.5, 0.6) is 0 Å². The zero-order valence-electron chi connectivity index (χ0n) is 11.1. The summed E-state index contributed by atoms with van der Waals surface area (Å²) in [5, 5.41) is 3.14. The van der Waals surface area contributed by atoms with Crippen LogP contribution in [0.3, 0.4) is 0 Å². The van der Waals surface area contributed by atoms with E-state index in [2.05, 4.69) is 25.0 Å². The Morgan fingerprint density at radius 3 is 2.95 bits per heavy atom. The van der Waals surface area contributed by atoms with E-state index in [0.717, 1.165) is 11.3 Å². The van der Waals surface area contributed by atoms with Gasteiger partial charge in [0.05, 0.1) is 12.1 Å². The molecule has 1 N–H and O–H groups in total. The minimum atomic E-state index is -0.543. The SMILES string of the molecule is COC(=O)c1nc2c(Nc3ccc(F)c(Cl)c3)ncnc2s1. The van der Waals surface area contributed by atoms with Gasteiger partial charge in [-0.05, 0) is 18.2 Å². The van der Waals surface area contributed by atoms with Crippen LogP contribution < -0.4 is 5.32 Å². The van der Waals surface area contributed by atoms with E-state index < -0.39 is 11.8 Å². The lowest BCUT2D eigenvalue weighted by molar-refractivity contribution is 0.0600. The first kappa shape index (κ1) is 14.6. The molecule has 0 aliphatic carbocycles. The van der Waals surface area contributed by atoms with Crippen molar-refractivity contribution < 1.29 is 13.9 Å². The maximum Gasteiger partial charge on any atom is 0.367 e. The lowest BCUT2D eigenvalue weighted by Crippen LogP contribution is -2.00. The van der Waals surface area contributed by atoms with Crippen molar-refractivity contribution in [2.45, 2.75) is 0 Å². The summed E-state index contributed by atoms with van der Waals surface area (Å²) in [4.78, 5) is 24.4. The van der Waals surface area contributed by atoms with Crippen molar-refractivity contribution in [3.63, 3.8) is 0 Å². The van der Waals surface area contributed by atoms with Gasteiger partial charge >= 0.3 is 5.97 Å². The topological polar surface area (TPSA) is 77.0 Å². The normalized spacial score (nSPS) is 10.7. The van der Waals surface area contributed by atoms with Crippen molar-refractivity contribution in [1.29, 1.82) is 0 Å². The van der Waals surface area contributed by atoms with Gasteiger partial charge in [0.1, 0.15) is 22.5 Å². The van der Waals surface area contributed by atoms with E-state index in [1.807, 2.05) is 0 Å². The van der Waals surface area contributed by atoms with E-state index in [1.165, 1.54) is 31.6 Å². The molecule has 6 nitrogen and oxygen atoms in total. The van der Waals surface area contributed by atoms with Gasteiger partial charge in [0.2, 0.25) is 5.01 Å². The van der Waals surface area contributed by atoms with E-state index in [1.54, 1.807) is 0 Å². The number of benzene rings is 1. The molecule has 0 saturated carbocycles. The molecule has 22 heavy (non-hydrogen) atoms. The summed E-state index contributed by atoms with van der Waals surface area (Å²) < 4.78 is 17.8. The summed E-state index contributed by atoms with van der Waals surface area (Å²) in [7, 11) is 1.28. The number of thiazole rings is 1. The molecule has 0 amide bonds. The Labute approximate surface area is 132 Å². The van der Waals surface area contributed by atoms with Gasteiger partial charge in [-0.1, -0.05) is 22.9 Å². The molecule has 0 unspecified atom stereocenters. The molecule has 0 spiro atoms. The molecule has 112 valence electrons. The number of anilines is 2. The average Bonchev–Trinajstić information content (AvgIpc) is 2.95. The van der Waals surface area contributed by atoms with E-state index in [0.29, 0.717) is 21.9 Å². The Hall–Kier alpha value is -2.32. The standard InChI is InChI=1S/C13H8ClFN4O2S/c1-21-13(20)12-19-9-10(16-5-17-11(9)22-12)18-6-2-3-8(15)7(14)4-6/h2-5H,1H3,(H,16,17,18). The number of nitrogens with one attached hydrogen (secondary N) is 1. The lowest BCUT2D eigenvalue weighted by atomic mass is 10.3. The molecule has 2 aromatic heterocycles. The quantitative estimate of drug-likeness (QED) is 0.737. The fourth-order valence-electron chi connectivity index (χ4n) is 1.73. The van der Waals surface area contributed by atoms with E-state index in [4.69, 9.17) is 11.6 Å². The van der Waals surface area contributed by atoms with Gasteiger partial charge < -0.3 is 10.1 Å². The molecule has 9 heteroatoms. The van der Waals surface area contributed by atoms with Gasteiger partial charge in [0.15, 0.2) is 5.82 Å². The van der Waals surface area contributed by atoms with Gasteiger partial charge in [-0.25, -0.2) is 24.1 Å². The number of carbonyl (C=O) groups excluding carboxylic acids is 1. The molecule has 0 aliphatic rings. The summed E-state index contributed by atoms with van der Waals surface area (Å²) in [5.74, 6) is -0.667. The van der Waals surface area contributed by atoms with Crippen molar-refractivity contribution in [3.05, 3.63) is 40.4 Å². The van der Waals surface area contributed by atoms with Gasteiger partial charge in [-0.15, -0.1) is 0 Å². The second-order valence-electron chi connectivity index (χ2n) is 4.14. The van der Waals surface area contributed by atoms with Crippen LogP contribution in [0.1, 0.15) is 9.80 Å². The summed E-state index contributed by atoms with van der Waals surface area (Å²) in [6.45, 7) is 0. The van der Waals surface area contributed by atoms with Crippen LogP contribution in [0.15, 0.2) is 24.5 Å². The largest absolute Gasteiger partial charge is 0.464 e. The van der Waals surface area contributed by atoms with Crippen LogP contribution in [0.4, 0.5) is 15.9 Å². The van der Waals surface area contributed by atoms with Crippen molar-refractivity contribution in [3.8, 4) is 0 Å². The molecule has 3 rings (SSSR count). The molecular weight excluding hydrogens is 331 g/mol. The molecule has 3 aromatic rings. The minimum Gasteiger partial charge on any atom is -0.464 e. The second kappa shape index (κ2) is 5.82. The third-order valence-electron chi connectivity index (χ3n) is 2.74. The van der Waals surface area contributed by atoms with Crippen LogP contribution in [0.25, 0.3) is 10.3 Å². The number of hydrogen-bond acceptors (Lipinski definition) is 7. The number of methoxy groups -OCH3 is 1. The number of aromatic nitrogens is 3. The summed E-state index contributed by atoms with van der Waals surface area (Å²) in [6.07, 6.45) is 1.34. The van der Waals surface area contributed by atoms with E-state index in [9.17, 15) is 9.18 Å². The Balaban J connectivity index is 2.01. The highest BCUT2D eigenvalue weighted by molar-refractivity contribution is 7.19. The van der Waals surface area contributed by atoms with Crippen molar-refractivity contribution in [2.24, 2.45) is 0 Å². The van der Waals surface area contributed by atoms with Crippen molar-refractivity contribution >= 4 is 50.8 Å². The molecule has 0 aliphatic heterocycles. The lowest BCUT2D eigenvalue weighted by Gasteiger charge is -2.06. The number of halogens is 2. The number of rotatable bonds is 3. The van der Waals surface area contributed by atoms with Crippen LogP contribution >= 0.6 is 22.9 Å². The molecule has 1 aromatic carbocycles. The van der Waals surface area contributed by atoms with E-state index >= 15 is 0 Å². The third kappa shape index (κ3) is 2.70. The molecule has 0 fully saturated rings. The predicted molar refractivity (Wildman–Crippen MR) is 81.2 cm³/mol. The van der Waals surface area contributed by atoms with Crippen molar-refractivity contribution in [1.82, 2.24) is 15.0 Å². The zero-order valence-corrected chi connectivity index (χ0v) is 12.7. The van der Waals surface area contributed by atoms with Crippen LogP contribution in [-0.2, 0) is 4.74 Å². The number of fused-ring (bicyclic) bond motifs is 1. The number of carbonyl (C=O) groups is 1. The van der Waals surface area contributed by atoms with E-state index in [-0.39, 0.29) is 10.0 Å². The predicted octanol–water partition coefficient (Wildman–Crippen LogP) is 3.41. The summed E-state index contributed by atoms with van der Waals surface area (Å²) in [5.41, 5.74) is 0.965. The first-order valence-corrected chi connectivity index (χ1v) is 7.20. The number of ether oxygens (including phenoxy) is 1. The number of nitrogens with zero attached hydrogens (tertiary/aromatic N) is 3. The molecule has 0 saturated heterocycles. The van der Waals surface area contributed by atoms with Crippen LogP contribution in [-0.4, -0.2) is 28.0 Å². The maximum absolute atomic E-state index is 13.2. The Morgan fingerprint density at radius 2 is 2.23 bits per heavy atom. The zero-order chi connectivity index (χ0) is 15.7. The molecule has 0 atom stereocenters. The highest BCUT2D eigenvalue weighted by Gasteiger charge is 2.16. The minimum absolute atomic E-state index is 0.0103. The number of hydrogen-bond donors (Lipinski definition) is 1. The average molecular weight is 339 g/mol. The summed E-state index contributed by atoms with van der Waals surface area (Å²) in [6, 6.07) is 4.19. The Bertz CT molecular complexity index is 870. The molecule has 0 radical (unpaired) electrons. The van der Waals surface area contributed by atoms with Gasteiger partial charge in [0.25, 0.3) is 0 Å². The van der Waals surface area contributed by atoms with Gasteiger partial charge in [-0.3, -0.25) is 0 Å². The second-order valence-corrected chi connectivity index (χ2v) is 5.53. The molecule has 2 heterocycles. The molecule has 0 bridgehead atoms.